The Morgan fingerprint density at radius 1 is 1.15 bits per heavy atom. The van der Waals surface area contributed by atoms with Crippen LogP contribution in [0.3, 0.4) is 0 Å². The number of carbonyl (C=O) groups is 1. The van der Waals surface area contributed by atoms with Crippen molar-refractivity contribution in [3.05, 3.63) is 59.9 Å². The van der Waals surface area contributed by atoms with E-state index in [0.29, 0.717) is 5.69 Å². The highest BCUT2D eigenvalue weighted by Gasteiger charge is 2.18. The molecule has 2 aromatic heterocycles. The Hall–Kier alpha value is -2.95. The Morgan fingerprint density at radius 2 is 1.96 bits per heavy atom. The third-order valence-electron chi connectivity index (χ3n) is 5.27. The zero-order valence-corrected chi connectivity index (χ0v) is 15.8. The minimum Gasteiger partial charge on any atom is -0.357 e. The number of carbonyl (C=O) groups excluding carboxylic acids is 1. The van der Waals surface area contributed by atoms with Crippen LogP contribution in [0.15, 0.2) is 48.7 Å². The van der Waals surface area contributed by atoms with Crippen LogP contribution >= 0.6 is 0 Å². The normalized spacial score (nSPS) is 15.1. The van der Waals surface area contributed by atoms with Crippen LogP contribution in [0.25, 0.3) is 10.9 Å². The van der Waals surface area contributed by atoms with Crippen molar-refractivity contribution in [2.45, 2.75) is 26.7 Å². The largest absolute Gasteiger partial charge is 0.357 e. The first-order chi connectivity index (χ1) is 13.1. The number of aromatic nitrogens is 2. The van der Waals surface area contributed by atoms with Crippen molar-refractivity contribution in [2.24, 2.45) is 5.92 Å². The van der Waals surface area contributed by atoms with Crippen molar-refractivity contribution in [3.8, 4) is 0 Å². The summed E-state index contributed by atoms with van der Waals surface area (Å²) in [5, 5.41) is 3.98. The van der Waals surface area contributed by atoms with E-state index in [4.69, 9.17) is 4.98 Å². The lowest BCUT2D eigenvalue weighted by atomic mass is 9.99. The molecule has 0 unspecified atom stereocenters. The van der Waals surface area contributed by atoms with E-state index in [2.05, 4.69) is 35.1 Å². The molecule has 1 amide bonds. The maximum atomic E-state index is 12.3. The second-order valence-electron chi connectivity index (χ2n) is 7.37. The van der Waals surface area contributed by atoms with E-state index < -0.39 is 0 Å². The summed E-state index contributed by atoms with van der Waals surface area (Å²) in [5.41, 5.74) is 3.28. The van der Waals surface area contributed by atoms with Gasteiger partial charge in [-0.3, -0.25) is 9.78 Å². The smallest absolute Gasteiger partial charge is 0.274 e. The van der Waals surface area contributed by atoms with Crippen LogP contribution in [0.5, 0.6) is 0 Å². The van der Waals surface area contributed by atoms with E-state index in [0.717, 1.165) is 41.4 Å². The molecule has 1 fully saturated rings. The maximum Gasteiger partial charge on any atom is 0.274 e. The van der Waals surface area contributed by atoms with Gasteiger partial charge in [-0.2, -0.15) is 0 Å². The van der Waals surface area contributed by atoms with Crippen molar-refractivity contribution >= 4 is 28.3 Å². The van der Waals surface area contributed by atoms with Crippen LogP contribution in [-0.2, 0) is 0 Å². The van der Waals surface area contributed by atoms with Gasteiger partial charge in [0, 0.05) is 30.4 Å². The van der Waals surface area contributed by atoms with Crippen LogP contribution in [0.2, 0.25) is 0 Å². The van der Waals surface area contributed by atoms with Gasteiger partial charge in [-0.25, -0.2) is 4.98 Å². The fraction of sp³-hybridized carbons (Fsp3) is 0.318. The van der Waals surface area contributed by atoms with Crippen LogP contribution in [-0.4, -0.2) is 29.0 Å². The highest BCUT2D eigenvalue weighted by atomic mass is 16.1. The molecule has 1 N–H and O–H groups in total. The second-order valence-corrected chi connectivity index (χ2v) is 7.37. The Bertz CT molecular complexity index is 963. The van der Waals surface area contributed by atoms with Gasteiger partial charge in [0.15, 0.2) is 0 Å². The van der Waals surface area contributed by atoms with Gasteiger partial charge in [0.2, 0.25) is 0 Å². The zero-order valence-electron chi connectivity index (χ0n) is 15.8. The van der Waals surface area contributed by atoms with Crippen molar-refractivity contribution in [1.29, 1.82) is 0 Å². The quantitative estimate of drug-likeness (QED) is 0.751. The van der Waals surface area contributed by atoms with Crippen molar-refractivity contribution in [1.82, 2.24) is 9.97 Å². The topological polar surface area (TPSA) is 58.1 Å². The first-order valence-electron chi connectivity index (χ1n) is 9.49. The molecule has 0 spiro atoms. The summed E-state index contributed by atoms with van der Waals surface area (Å²) in [7, 11) is 0. The fourth-order valence-electron chi connectivity index (χ4n) is 3.55. The molecule has 5 nitrogen and oxygen atoms in total. The fourth-order valence-corrected chi connectivity index (χ4v) is 3.55. The van der Waals surface area contributed by atoms with Gasteiger partial charge in [-0.05, 0) is 67.6 Å². The first kappa shape index (κ1) is 17.5. The molecule has 0 aliphatic carbocycles. The van der Waals surface area contributed by atoms with Gasteiger partial charge < -0.3 is 10.2 Å². The summed E-state index contributed by atoms with van der Waals surface area (Å²) in [4.78, 5) is 23.7. The molecule has 3 heterocycles. The number of nitrogens with one attached hydrogen (secondary N) is 1. The molecule has 0 radical (unpaired) electrons. The molecule has 3 aromatic rings. The highest BCUT2D eigenvalue weighted by molar-refractivity contribution is 6.04. The Kier molecular flexibility index (Phi) is 4.75. The minimum atomic E-state index is -0.209. The average Bonchev–Trinajstić information content (AvgIpc) is 2.69. The minimum absolute atomic E-state index is 0.209. The number of rotatable bonds is 3. The molecule has 1 saturated heterocycles. The monoisotopic (exact) mass is 360 g/mol. The Balaban J connectivity index is 1.58. The van der Waals surface area contributed by atoms with E-state index >= 15 is 0 Å². The summed E-state index contributed by atoms with van der Waals surface area (Å²) in [6.45, 7) is 6.55. The van der Waals surface area contributed by atoms with Gasteiger partial charge in [0.1, 0.15) is 11.5 Å². The second kappa shape index (κ2) is 7.35. The molecule has 5 heteroatoms. The van der Waals surface area contributed by atoms with E-state index in [-0.39, 0.29) is 5.91 Å². The van der Waals surface area contributed by atoms with E-state index in [1.54, 1.807) is 24.4 Å². The molecule has 1 aromatic carbocycles. The summed E-state index contributed by atoms with van der Waals surface area (Å²) in [6, 6.07) is 13.3. The molecular weight excluding hydrogens is 336 g/mol. The Morgan fingerprint density at radius 3 is 2.70 bits per heavy atom. The number of hydrogen-bond donors (Lipinski definition) is 1. The SMILES string of the molecule is Cc1cc(N2CCC(C)CC2)nc2ccc(NC(=O)c3ccccn3)cc12. The highest BCUT2D eigenvalue weighted by Crippen LogP contribution is 2.28. The number of benzene rings is 1. The van der Waals surface area contributed by atoms with Gasteiger partial charge >= 0.3 is 0 Å². The van der Waals surface area contributed by atoms with Gasteiger partial charge in [0.05, 0.1) is 5.52 Å². The number of aryl methyl sites for hydroxylation is 1. The number of hydrogen-bond acceptors (Lipinski definition) is 4. The number of nitrogens with zero attached hydrogens (tertiary/aromatic N) is 3. The number of anilines is 2. The lowest BCUT2D eigenvalue weighted by Gasteiger charge is -2.31. The number of piperidine rings is 1. The number of fused-ring (bicyclic) bond motifs is 1. The summed E-state index contributed by atoms with van der Waals surface area (Å²) >= 11 is 0. The van der Waals surface area contributed by atoms with Crippen molar-refractivity contribution in [2.75, 3.05) is 23.3 Å². The first-order valence-corrected chi connectivity index (χ1v) is 9.49. The van der Waals surface area contributed by atoms with Crippen LogP contribution in [0.4, 0.5) is 11.5 Å². The zero-order chi connectivity index (χ0) is 18.8. The van der Waals surface area contributed by atoms with E-state index in [1.807, 2.05) is 18.2 Å². The van der Waals surface area contributed by atoms with Crippen molar-refractivity contribution < 1.29 is 4.79 Å². The maximum absolute atomic E-state index is 12.3. The summed E-state index contributed by atoms with van der Waals surface area (Å²) < 4.78 is 0. The molecular formula is C22H24N4O. The summed E-state index contributed by atoms with van der Waals surface area (Å²) in [6.07, 6.45) is 4.06. The lowest BCUT2D eigenvalue weighted by Crippen LogP contribution is -2.33. The van der Waals surface area contributed by atoms with Crippen LogP contribution in [0, 0.1) is 12.8 Å². The molecule has 1 aliphatic rings. The average molecular weight is 360 g/mol. The molecule has 0 atom stereocenters. The molecule has 0 saturated carbocycles. The third kappa shape index (κ3) is 3.77. The lowest BCUT2D eigenvalue weighted by molar-refractivity contribution is 0.102. The van der Waals surface area contributed by atoms with E-state index in [1.165, 1.54) is 18.4 Å². The van der Waals surface area contributed by atoms with Crippen LogP contribution < -0.4 is 10.2 Å². The summed E-state index contributed by atoms with van der Waals surface area (Å²) in [5.74, 6) is 1.64. The predicted octanol–water partition coefficient (Wildman–Crippen LogP) is 4.43. The van der Waals surface area contributed by atoms with Crippen molar-refractivity contribution in [3.63, 3.8) is 0 Å². The number of amides is 1. The van der Waals surface area contributed by atoms with E-state index in [9.17, 15) is 4.79 Å². The third-order valence-corrected chi connectivity index (χ3v) is 5.27. The Labute approximate surface area is 159 Å². The molecule has 0 bridgehead atoms. The molecule has 138 valence electrons. The standard InChI is InChI=1S/C22H24N4O/c1-15-8-11-26(12-9-15)21-13-16(2)18-14-17(6-7-19(18)25-21)24-22(27)20-5-3-4-10-23-20/h3-7,10,13-15H,8-9,11-12H2,1-2H3,(H,24,27). The molecule has 1 aliphatic heterocycles. The van der Waals surface area contributed by atoms with Gasteiger partial charge in [-0.1, -0.05) is 13.0 Å². The molecule has 27 heavy (non-hydrogen) atoms. The predicted molar refractivity (Wildman–Crippen MR) is 109 cm³/mol. The van der Waals surface area contributed by atoms with Crippen LogP contribution in [0.1, 0.15) is 35.8 Å². The number of pyridine rings is 2. The van der Waals surface area contributed by atoms with Gasteiger partial charge in [0.25, 0.3) is 5.91 Å². The molecule has 4 rings (SSSR count). The van der Waals surface area contributed by atoms with Gasteiger partial charge in [-0.15, -0.1) is 0 Å².